The van der Waals surface area contributed by atoms with Crippen LogP contribution in [0.3, 0.4) is 0 Å². The van der Waals surface area contributed by atoms with Gasteiger partial charge in [0.25, 0.3) is 0 Å². The Morgan fingerprint density at radius 2 is 2.28 bits per heavy atom. The first-order valence-corrected chi connectivity index (χ1v) is 7.85. The lowest BCUT2D eigenvalue weighted by Gasteiger charge is -2.13. The monoisotopic (exact) mass is 288 g/mol. The predicted molar refractivity (Wildman–Crippen MR) is 72.4 cm³/mol. The van der Waals surface area contributed by atoms with E-state index in [9.17, 15) is 8.42 Å². The normalized spacial score (nSPS) is 20.2. The molecular weight excluding hydrogens is 272 g/mol. The van der Waals surface area contributed by atoms with Gasteiger partial charge in [-0.1, -0.05) is 23.7 Å². The highest BCUT2D eigenvalue weighted by Gasteiger charge is 2.21. The van der Waals surface area contributed by atoms with Crippen LogP contribution in [0, 0.1) is 6.92 Å². The molecule has 6 heteroatoms. The van der Waals surface area contributed by atoms with Gasteiger partial charge in [0.1, 0.15) is 4.90 Å². The molecule has 1 aromatic rings. The average Bonchev–Trinajstić information content (AvgIpc) is 2.83. The van der Waals surface area contributed by atoms with E-state index in [1.807, 2.05) is 0 Å². The number of sulfonamides is 1. The van der Waals surface area contributed by atoms with Crippen LogP contribution in [0.4, 0.5) is 0 Å². The molecule has 1 fully saturated rings. The summed E-state index contributed by atoms with van der Waals surface area (Å²) in [4.78, 5) is 0.155. The number of hydrogen-bond donors (Lipinski definition) is 2. The SMILES string of the molecule is Cc1cccc(S(=O)(=O)NCC2CCCN2)c1Cl. The lowest BCUT2D eigenvalue weighted by Crippen LogP contribution is -2.37. The Hall–Kier alpha value is -0.620. The molecular formula is C12H17ClN2O2S. The number of benzene rings is 1. The minimum atomic E-state index is -3.52. The van der Waals surface area contributed by atoms with Crippen molar-refractivity contribution in [2.45, 2.75) is 30.7 Å². The maximum absolute atomic E-state index is 12.1. The topological polar surface area (TPSA) is 58.2 Å². The molecule has 2 N–H and O–H groups in total. The van der Waals surface area contributed by atoms with Crippen molar-refractivity contribution in [2.24, 2.45) is 0 Å². The van der Waals surface area contributed by atoms with E-state index in [1.165, 1.54) is 6.07 Å². The maximum Gasteiger partial charge on any atom is 0.242 e. The van der Waals surface area contributed by atoms with E-state index in [0.717, 1.165) is 24.9 Å². The highest BCUT2D eigenvalue weighted by Crippen LogP contribution is 2.24. The van der Waals surface area contributed by atoms with Gasteiger partial charge in [-0.25, -0.2) is 13.1 Å². The van der Waals surface area contributed by atoms with Crippen LogP contribution < -0.4 is 10.0 Å². The van der Waals surface area contributed by atoms with Crippen molar-refractivity contribution >= 4 is 21.6 Å². The summed E-state index contributed by atoms with van der Waals surface area (Å²) in [6, 6.07) is 5.24. The van der Waals surface area contributed by atoms with Crippen molar-refractivity contribution in [3.8, 4) is 0 Å². The van der Waals surface area contributed by atoms with E-state index in [-0.39, 0.29) is 10.9 Å². The third kappa shape index (κ3) is 3.03. The van der Waals surface area contributed by atoms with Crippen molar-refractivity contribution in [3.05, 3.63) is 28.8 Å². The van der Waals surface area contributed by atoms with Gasteiger partial charge < -0.3 is 5.32 Å². The first-order chi connectivity index (χ1) is 8.50. The Kier molecular flexibility index (Phi) is 4.27. The fraction of sp³-hybridized carbons (Fsp3) is 0.500. The van der Waals surface area contributed by atoms with Crippen molar-refractivity contribution in [2.75, 3.05) is 13.1 Å². The van der Waals surface area contributed by atoms with Gasteiger partial charge in [-0.3, -0.25) is 0 Å². The van der Waals surface area contributed by atoms with Gasteiger partial charge in [0.05, 0.1) is 5.02 Å². The second kappa shape index (κ2) is 5.57. The molecule has 1 saturated heterocycles. The second-order valence-electron chi connectivity index (χ2n) is 4.53. The maximum atomic E-state index is 12.1. The van der Waals surface area contributed by atoms with Crippen LogP contribution in [0.15, 0.2) is 23.1 Å². The Bertz CT molecular complexity index is 525. The Morgan fingerprint density at radius 3 is 2.94 bits per heavy atom. The molecule has 0 bridgehead atoms. The van der Waals surface area contributed by atoms with Crippen molar-refractivity contribution < 1.29 is 8.42 Å². The average molecular weight is 289 g/mol. The molecule has 1 heterocycles. The van der Waals surface area contributed by atoms with E-state index >= 15 is 0 Å². The van der Waals surface area contributed by atoms with Crippen LogP contribution in [0.1, 0.15) is 18.4 Å². The minimum absolute atomic E-state index is 0.155. The lowest BCUT2D eigenvalue weighted by atomic mass is 10.2. The third-order valence-electron chi connectivity index (χ3n) is 3.13. The zero-order chi connectivity index (χ0) is 13.2. The van der Waals surface area contributed by atoms with E-state index in [4.69, 9.17) is 11.6 Å². The van der Waals surface area contributed by atoms with Crippen LogP contribution in [-0.2, 0) is 10.0 Å². The van der Waals surface area contributed by atoms with Gasteiger partial charge in [-0.05, 0) is 37.9 Å². The minimum Gasteiger partial charge on any atom is -0.313 e. The van der Waals surface area contributed by atoms with Crippen LogP contribution in [0.5, 0.6) is 0 Å². The molecule has 1 aliphatic heterocycles. The summed E-state index contributed by atoms with van der Waals surface area (Å²) >= 11 is 6.04. The molecule has 0 amide bonds. The largest absolute Gasteiger partial charge is 0.313 e. The van der Waals surface area contributed by atoms with Crippen LogP contribution in [0.2, 0.25) is 5.02 Å². The number of aryl methyl sites for hydroxylation is 1. The predicted octanol–water partition coefficient (Wildman–Crippen LogP) is 1.68. The Labute approximate surface area is 113 Å². The molecule has 1 aromatic carbocycles. The van der Waals surface area contributed by atoms with Gasteiger partial charge in [0.15, 0.2) is 0 Å². The molecule has 0 aliphatic carbocycles. The zero-order valence-electron chi connectivity index (χ0n) is 10.2. The van der Waals surface area contributed by atoms with E-state index < -0.39 is 10.0 Å². The quantitative estimate of drug-likeness (QED) is 0.886. The summed E-state index contributed by atoms with van der Waals surface area (Å²) < 4.78 is 26.9. The van der Waals surface area contributed by atoms with Crippen molar-refractivity contribution in [3.63, 3.8) is 0 Å². The summed E-state index contributed by atoms with van der Waals surface area (Å²) in [5.74, 6) is 0. The standard InChI is InChI=1S/C12H17ClN2O2S/c1-9-4-2-6-11(12(9)13)18(16,17)15-8-10-5-3-7-14-10/h2,4,6,10,14-15H,3,5,7-8H2,1H3. The number of hydrogen-bond acceptors (Lipinski definition) is 3. The first kappa shape index (κ1) is 13.8. The summed E-state index contributed by atoms with van der Waals surface area (Å²) in [5, 5.41) is 3.54. The molecule has 2 rings (SSSR count). The van der Waals surface area contributed by atoms with E-state index in [0.29, 0.717) is 11.6 Å². The number of rotatable bonds is 4. The molecule has 1 atom stereocenters. The molecule has 1 aliphatic rings. The summed E-state index contributed by atoms with van der Waals surface area (Å²) in [7, 11) is -3.52. The molecule has 0 aromatic heterocycles. The Morgan fingerprint density at radius 1 is 1.50 bits per heavy atom. The molecule has 0 radical (unpaired) electrons. The van der Waals surface area contributed by atoms with Gasteiger partial charge >= 0.3 is 0 Å². The Balaban J connectivity index is 2.12. The molecule has 100 valence electrons. The summed E-state index contributed by atoms with van der Waals surface area (Å²) in [5.41, 5.74) is 0.763. The summed E-state index contributed by atoms with van der Waals surface area (Å²) in [6.07, 6.45) is 2.10. The van der Waals surface area contributed by atoms with Crippen LogP contribution >= 0.6 is 11.6 Å². The fourth-order valence-corrected chi connectivity index (χ4v) is 3.71. The van der Waals surface area contributed by atoms with Crippen LogP contribution in [-0.4, -0.2) is 27.5 Å². The van der Waals surface area contributed by atoms with E-state index in [1.54, 1.807) is 19.1 Å². The second-order valence-corrected chi connectivity index (χ2v) is 6.65. The number of nitrogens with one attached hydrogen (secondary N) is 2. The van der Waals surface area contributed by atoms with Gasteiger partial charge in [0.2, 0.25) is 10.0 Å². The van der Waals surface area contributed by atoms with Gasteiger partial charge in [-0.2, -0.15) is 0 Å². The molecule has 18 heavy (non-hydrogen) atoms. The number of halogens is 1. The fourth-order valence-electron chi connectivity index (χ4n) is 2.05. The third-order valence-corrected chi connectivity index (χ3v) is 5.21. The zero-order valence-corrected chi connectivity index (χ0v) is 11.8. The molecule has 4 nitrogen and oxygen atoms in total. The van der Waals surface area contributed by atoms with Gasteiger partial charge in [0, 0.05) is 12.6 Å². The van der Waals surface area contributed by atoms with Crippen molar-refractivity contribution in [1.29, 1.82) is 0 Å². The first-order valence-electron chi connectivity index (χ1n) is 5.99. The highest BCUT2D eigenvalue weighted by molar-refractivity contribution is 7.89. The lowest BCUT2D eigenvalue weighted by molar-refractivity contribution is 0.552. The smallest absolute Gasteiger partial charge is 0.242 e. The van der Waals surface area contributed by atoms with Gasteiger partial charge in [-0.15, -0.1) is 0 Å². The summed E-state index contributed by atoms with van der Waals surface area (Å²) in [6.45, 7) is 3.16. The molecule has 0 saturated carbocycles. The van der Waals surface area contributed by atoms with E-state index in [2.05, 4.69) is 10.0 Å². The highest BCUT2D eigenvalue weighted by atomic mass is 35.5. The molecule has 0 spiro atoms. The molecule has 1 unspecified atom stereocenters. The van der Waals surface area contributed by atoms with Crippen LogP contribution in [0.25, 0.3) is 0 Å². The van der Waals surface area contributed by atoms with Crippen molar-refractivity contribution in [1.82, 2.24) is 10.0 Å².